The van der Waals surface area contributed by atoms with Gasteiger partial charge < -0.3 is 4.90 Å². The number of benzene rings is 10. The molecule has 0 atom stereocenters. The highest BCUT2D eigenvalue weighted by Gasteiger charge is 2.39. The van der Waals surface area contributed by atoms with Crippen LogP contribution in [-0.2, 0) is 5.41 Å². The molecule has 10 aromatic rings. The minimum absolute atomic E-state index is 0.158. The van der Waals surface area contributed by atoms with E-state index < -0.39 is 0 Å². The van der Waals surface area contributed by atoms with Gasteiger partial charge in [-0.25, -0.2) is 0 Å². The van der Waals surface area contributed by atoms with Gasteiger partial charge in [0.2, 0.25) is 0 Å². The third kappa shape index (κ3) is 6.60. The summed E-state index contributed by atoms with van der Waals surface area (Å²) in [6.07, 6.45) is 0. The smallest absolute Gasteiger partial charge is 0.0462 e. The maximum absolute atomic E-state index is 2.43. The molecule has 62 heavy (non-hydrogen) atoms. The Bertz CT molecular complexity index is 3100. The first-order valence-corrected chi connectivity index (χ1v) is 21.6. The number of nitrogens with zero attached hydrogens (tertiary/aromatic N) is 1. The van der Waals surface area contributed by atoms with Gasteiger partial charge in [0, 0.05) is 22.5 Å². The van der Waals surface area contributed by atoms with Crippen LogP contribution in [0.3, 0.4) is 0 Å². The summed E-state index contributed by atoms with van der Waals surface area (Å²) in [5.74, 6) is 0. The molecule has 10 aromatic carbocycles. The van der Waals surface area contributed by atoms with E-state index >= 15 is 0 Å². The van der Waals surface area contributed by atoms with Gasteiger partial charge in [-0.1, -0.05) is 202 Å². The zero-order valence-electron chi connectivity index (χ0n) is 35.0. The maximum Gasteiger partial charge on any atom is 0.0462 e. The van der Waals surface area contributed by atoms with E-state index in [1.54, 1.807) is 0 Å². The normalized spacial score (nSPS) is 12.5. The minimum atomic E-state index is -0.158. The summed E-state index contributed by atoms with van der Waals surface area (Å²) < 4.78 is 0. The number of rotatable bonds is 8. The van der Waals surface area contributed by atoms with Gasteiger partial charge in [-0.05, 0) is 137 Å². The fraction of sp³-hybridized carbons (Fsp3) is 0.0492. The van der Waals surface area contributed by atoms with Crippen LogP contribution in [-0.4, -0.2) is 0 Å². The fourth-order valence-electron chi connectivity index (χ4n) is 9.69. The Balaban J connectivity index is 0.943. The number of fused-ring (bicyclic) bond motifs is 5. The largest absolute Gasteiger partial charge is 0.311 e. The van der Waals surface area contributed by atoms with E-state index in [1.807, 2.05) is 0 Å². The summed E-state index contributed by atoms with van der Waals surface area (Å²) in [6, 6.07) is 86.3. The van der Waals surface area contributed by atoms with E-state index in [2.05, 4.69) is 255 Å². The molecule has 0 unspecified atom stereocenters. The first kappa shape index (κ1) is 37.3. The van der Waals surface area contributed by atoms with Crippen molar-refractivity contribution in [1.82, 2.24) is 0 Å². The average molecular weight is 792 g/mol. The summed E-state index contributed by atoms with van der Waals surface area (Å²) in [4.78, 5) is 2.35. The van der Waals surface area contributed by atoms with E-state index in [-0.39, 0.29) is 5.41 Å². The highest BCUT2D eigenvalue weighted by Crippen LogP contribution is 2.55. The van der Waals surface area contributed by atoms with Gasteiger partial charge in [0.1, 0.15) is 0 Å². The van der Waals surface area contributed by atoms with Crippen molar-refractivity contribution in [3.63, 3.8) is 0 Å². The Morgan fingerprint density at radius 1 is 0.306 bits per heavy atom. The van der Waals surface area contributed by atoms with Gasteiger partial charge in [0.15, 0.2) is 0 Å². The number of hydrogen-bond acceptors (Lipinski definition) is 1. The molecular weight excluding hydrogens is 747 g/mol. The molecule has 0 aliphatic heterocycles. The highest BCUT2D eigenvalue weighted by atomic mass is 15.1. The molecule has 1 aliphatic carbocycles. The summed E-state index contributed by atoms with van der Waals surface area (Å²) >= 11 is 0. The van der Waals surface area contributed by atoms with Gasteiger partial charge in [0.25, 0.3) is 0 Å². The lowest BCUT2D eigenvalue weighted by Crippen LogP contribution is -2.15. The molecule has 0 saturated heterocycles. The van der Waals surface area contributed by atoms with Crippen molar-refractivity contribution >= 4 is 27.8 Å². The Kier molecular flexibility index (Phi) is 9.24. The number of hydrogen-bond donors (Lipinski definition) is 0. The van der Waals surface area contributed by atoms with Crippen LogP contribution in [0.5, 0.6) is 0 Å². The Labute approximate surface area is 364 Å². The van der Waals surface area contributed by atoms with Crippen molar-refractivity contribution < 1.29 is 0 Å². The zero-order chi connectivity index (χ0) is 41.6. The topological polar surface area (TPSA) is 3.24 Å². The first-order chi connectivity index (χ1) is 30.5. The van der Waals surface area contributed by atoms with Gasteiger partial charge in [-0.2, -0.15) is 0 Å². The molecule has 1 heteroatoms. The lowest BCUT2D eigenvalue weighted by atomic mass is 9.78. The molecule has 0 spiro atoms. The van der Waals surface area contributed by atoms with Crippen LogP contribution in [0.4, 0.5) is 17.1 Å². The molecule has 0 fully saturated rings. The second-order valence-electron chi connectivity index (χ2n) is 16.9. The molecule has 1 nitrogen and oxygen atoms in total. The standard InChI is InChI=1S/C61H45N/c1-61(2)58-41-50(44-18-10-5-11-19-44)32-39-56(58)59-57(40-51-20-12-13-21-55(51)60(59)61)49-24-22-45(23-25-49)48-30-37-54(38-31-48)62(52-33-26-46(27-34-52)42-14-6-3-7-15-42)53-35-28-47(29-36-53)43-16-8-4-9-17-43/h3-41H,1-2H3. The number of anilines is 3. The quantitative estimate of drug-likeness (QED) is 0.148. The average Bonchev–Trinajstić information content (AvgIpc) is 3.59. The van der Waals surface area contributed by atoms with E-state index in [4.69, 9.17) is 0 Å². The van der Waals surface area contributed by atoms with E-state index in [9.17, 15) is 0 Å². The summed E-state index contributed by atoms with van der Waals surface area (Å²) in [6.45, 7) is 4.80. The minimum Gasteiger partial charge on any atom is -0.311 e. The van der Waals surface area contributed by atoms with Crippen LogP contribution in [0.15, 0.2) is 237 Å². The van der Waals surface area contributed by atoms with Crippen molar-refractivity contribution in [2.75, 3.05) is 4.90 Å². The van der Waals surface area contributed by atoms with E-state index in [0.29, 0.717) is 0 Å². The molecule has 0 saturated carbocycles. The van der Waals surface area contributed by atoms with Crippen molar-refractivity contribution in [2.24, 2.45) is 0 Å². The molecular formula is C61H45N. The highest BCUT2D eigenvalue weighted by molar-refractivity contribution is 6.05. The molecule has 1 aliphatic rings. The molecule has 11 rings (SSSR count). The van der Waals surface area contributed by atoms with Crippen LogP contribution in [0.25, 0.3) is 77.5 Å². The van der Waals surface area contributed by atoms with Crippen molar-refractivity contribution in [2.45, 2.75) is 19.3 Å². The molecule has 0 bridgehead atoms. The predicted octanol–water partition coefficient (Wildman–Crippen LogP) is 17.0. The summed E-state index contributed by atoms with van der Waals surface area (Å²) in [5.41, 5.74) is 20.9. The van der Waals surface area contributed by atoms with Crippen molar-refractivity contribution in [3.05, 3.63) is 248 Å². The Morgan fingerprint density at radius 2 is 0.677 bits per heavy atom. The molecule has 0 heterocycles. The van der Waals surface area contributed by atoms with Crippen LogP contribution in [0.1, 0.15) is 25.0 Å². The SMILES string of the molecule is CC1(C)c2cc(-c3ccccc3)ccc2-c2c(-c3ccc(-c4ccc(N(c5ccc(-c6ccccc6)cc5)c5ccc(-c6ccccc6)cc5)cc4)cc3)cc3ccccc3c21. The molecule has 0 radical (unpaired) electrons. The van der Waals surface area contributed by atoms with Crippen LogP contribution >= 0.6 is 0 Å². The molecule has 294 valence electrons. The van der Waals surface area contributed by atoms with Crippen LogP contribution in [0, 0.1) is 0 Å². The van der Waals surface area contributed by atoms with Gasteiger partial charge in [0.05, 0.1) is 0 Å². The second-order valence-corrected chi connectivity index (χ2v) is 16.9. The third-order valence-electron chi connectivity index (χ3n) is 12.9. The molecule has 0 amide bonds. The van der Waals surface area contributed by atoms with E-state index in [0.717, 1.165) is 17.1 Å². The second kappa shape index (κ2) is 15.4. The van der Waals surface area contributed by atoms with E-state index in [1.165, 1.54) is 88.7 Å². The fourth-order valence-corrected chi connectivity index (χ4v) is 9.69. The summed E-state index contributed by atoms with van der Waals surface area (Å²) in [5, 5.41) is 2.61. The lowest BCUT2D eigenvalue weighted by molar-refractivity contribution is 0.666. The monoisotopic (exact) mass is 791 g/mol. The van der Waals surface area contributed by atoms with Crippen molar-refractivity contribution in [1.29, 1.82) is 0 Å². The first-order valence-electron chi connectivity index (χ1n) is 21.6. The van der Waals surface area contributed by atoms with Gasteiger partial charge in [-0.15, -0.1) is 0 Å². The lowest BCUT2D eigenvalue weighted by Gasteiger charge is -2.26. The maximum atomic E-state index is 2.43. The van der Waals surface area contributed by atoms with Crippen molar-refractivity contribution in [3.8, 4) is 66.8 Å². The molecule has 0 N–H and O–H groups in total. The third-order valence-corrected chi connectivity index (χ3v) is 12.9. The van der Waals surface area contributed by atoms with Crippen LogP contribution < -0.4 is 4.90 Å². The summed E-state index contributed by atoms with van der Waals surface area (Å²) in [7, 11) is 0. The van der Waals surface area contributed by atoms with Crippen LogP contribution in [0.2, 0.25) is 0 Å². The molecule has 0 aromatic heterocycles. The zero-order valence-corrected chi connectivity index (χ0v) is 35.0. The van der Waals surface area contributed by atoms with Gasteiger partial charge in [-0.3, -0.25) is 0 Å². The van der Waals surface area contributed by atoms with Gasteiger partial charge >= 0.3 is 0 Å². The Hall–Kier alpha value is -7.74. The predicted molar refractivity (Wildman–Crippen MR) is 263 cm³/mol. The Morgan fingerprint density at radius 3 is 1.16 bits per heavy atom.